The molecule has 1 unspecified atom stereocenters. The summed E-state index contributed by atoms with van der Waals surface area (Å²) in [5.74, 6) is -0.104. The van der Waals surface area contributed by atoms with Crippen LogP contribution in [0.3, 0.4) is 0 Å². The van der Waals surface area contributed by atoms with Crippen LogP contribution in [0, 0.1) is 0 Å². The number of nitrogens with zero attached hydrogens (tertiary/aromatic N) is 3. The van der Waals surface area contributed by atoms with Gasteiger partial charge < -0.3 is 14.7 Å². The van der Waals surface area contributed by atoms with Gasteiger partial charge in [-0.05, 0) is 19.8 Å². The first-order valence-electron chi connectivity index (χ1n) is 8.81. The van der Waals surface area contributed by atoms with Crippen molar-refractivity contribution in [3.63, 3.8) is 0 Å². The molecule has 1 aromatic carbocycles. The van der Waals surface area contributed by atoms with Crippen LogP contribution in [0.2, 0.25) is 0 Å². The Morgan fingerprint density at radius 1 is 1.28 bits per heavy atom. The van der Waals surface area contributed by atoms with Gasteiger partial charge in [0, 0.05) is 31.8 Å². The number of likely N-dealkylation sites (tertiary alicyclic amines) is 1. The maximum atomic E-state index is 11.9. The van der Waals surface area contributed by atoms with Crippen molar-refractivity contribution in [2.45, 2.75) is 38.5 Å². The van der Waals surface area contributed by atoms with E-state index < -0.39 is 11.9 Å². The normalized spacial score (nSPS) is 17.7. The topological polar surface area (TPSA) is 80.7 Å². The average Bonchev–Trinajstić information content (AvgIpc) is 2.98. The van der Waals surface area contributed by atoms with Gasteiger partial charge in [0.25, 0.3) is 0 Å². The first-order chi connectivity index (χ1) is 12.2. The molecule has 2 heterocycles. The highest BCUT2D eigenvalue weighted by Crippen LogP contribution is 2.17. The molecule has 0 radical (unpaired) electrons. The molecule has 1 atom stereocenters. The molecule has 1 N–H and O–H groups in total. The van der Waals surface area contributed by atoms with Gasteiger partial charge >= 0.3 is 5.76 Å². The summed E-state index contributed by atoms with van der Waals surface area (Å²) >= 11 is 0. The van der Waals surface area contributed by atoms with Gasteiger partial charge in [-0.15, -0.1) is 0 Å². The summed E-state index contributed by atoms with van der Waals surface area (Å²) < 4.78 is 11.8. The SMILES string of the molecule is CCOC1CCN(CC(O)Cn2c(-c3ccccc3)noc2=O)CC1. The van der Waals surface area contributed by atoms with Crippen LogP contribution in [0.4, 0.5) is 0 Å². The lowest BCUT2D eigenvalue weighted by Gasteiger charge is -2.32. The lowest BCUT2D eigenvalue weighted by atomic mass is 10.1. The highest BCUT2D eigenvalue weighted by molar-refractivity contribution is 5.54. The van der Waals surface area contributed by atoms with Crippen molar-refractivity contribution in [1.82, 2.24) is 14.6 Å². The van der Waals surface area contributed by atoms with Gasteiger partial charge in [0.05, 0.1) is 18.8 Å². The number of ether oxygens (including phenoxy) is 1. The smallest absolute Gasteiger partial charge is 0.390 e. The van der Waals surface area contributed by atoms with Gasteiger partial charge in [-0.3, -0.25) is 9.09 Å². The lowest BCUT2D eigenvalue weighted by Crippen LogP contribution is -2.42. The Balaban J connectivity index is 1.60. The number of hydrogen-bond donors (Lipinski definition) is 1. The molecule has 136 valence electrons. The molecule has 1 aromatic heterocycles. The van der Waals surface area contributed by atoms with Crippen LogP contribution in [-0.4, -0.2) is 58.2 Å². The number of aliphatic hydroxyl groups is 1. The van der Waals surface area contributed by atoms with Crippen LogP contribution in [0.1, 0.15) is 19.8 Å². The molecular weight excluding hydrogens is 322 g/mol. The third-order valence-electron chi connectivity index (χ3n) is 4.52. The van der Waals surface area contributed by atoms with Crippen LogP contribution in [0.15, 0.2) is 39.6 Å². The highest BCUT2D eigenvalue weighted by Gasteiger charge is 2.22. The van der Waals surface area contributed by atoms with Crippen molar-refractivity contribution >= 4 is 0 Å². The quantitative estimate of drug-likeness (QED) is 0.815. The lowest BCUT2D eigenvalue weighted by molar-refractivity contribution is 0.00170. The van der Waals surface area contributed by atoms with E-state index in [-0.39, 0.29) is 6.54 Å². The van der Waals surface area contributed by atoms with Gasteiger partial charge in [0.15, 0.2) is 5.82 Å². The molecule has 7 heteroatoms. The summed E-state index contributed by atoms with van der Waals surface area (Å²) in [7, 11) is 0. The van der Waals surface area contributed by atoms with Gasteiger partial charge in [0.1, 0.15) is 0 Å². The van der Waals surface area contributed by atoms with Crippen molar-refractivity contribution in [3.05, 3.63) is 40.9 Å². The molecule has 1 fully saturated rings. The summed E-state index contributed by atoms with van der Waals surface area (Å²) in [5.41, 5.74) is 0.790. The molecule has 1 aliphatic rings. The van der Waals surface area contributed by atoms with Crippen LogP contribution < -0.4 is 5.76 Å². The second-order valence-corrected chi connectivity index (χ2v) is 6.36. The Morgan fingerprint density at radius 3 is 2.68 bits per heavy atom. The maximum absolute atomic E-state index is 11.9. The molecule has 0 saturated carbocycles. The van der Waals surface area contributed by atoms with E-state index >= 15 is 0 Å². The first kappa shape index (κ1) is 17.8. The standard InChI is InChI=1S/C18H25N3O4/c1-2-24-16-8-10-20(11-9-16)12-15(22)13-21-17(19-25-18(21)23)14-6-4-3-5-7-14/h3-7,15-16,22H,2,8-13H2,1H3. The molecule has 25 heavy (non-hydrogen) atoms. The molecular formula is C18H25N3O4. The van der Waals surface area contributed by atoms with E-state index in [0.717, 1.165) is 38.1 Å². The monoisotopic (exact) mass is 347 g/mol. The van der Waals surface area contributed by atoms with Gasteiger partial charge in [-0.25, -0.2) is 4.79 Å². The first-order valence-corrected chi connectivity index (χ1v) is 8.81. The summed E-state index contributed by atoms with van der Waals surface area (Å²) in [5, 5.41) is 14.3. The van der Waals surface area contributed by atoms with Gasteiger partial charge in [0.2, 0.25) is 0 Å². The minimum Gasteiger partial charge on any atom is -0.390 e. The zero-order valence-electron chi connectivity index (χ0n) is 14.5. The van der Waals surface area contributed by atoms with Crippen molar-refractivity contribution in [3.8, 4) is 11.4 Å². The Morgan fingerprint density at radius 2 is 2.00 bits per heavy atom. The van der Waals surface area contributed by atoms with E-state index in [1.54, 1.807) is 0 Å². The second kappa shape index (κ2) is 8.42. The van der Waals surface area contributed by atoms with Gasteiger partial charge in [-0.1, -0.05) is 35.5 Å². The van der Waals surface area contributed by atoms with Crippen LogP contribution in [0.5, 0.6) is 0 Å². The maximum Gasteiger partial charge on any atom is 0.441 e. The Kier molecular flexibility index (Phi) is 6.01. The van der Waals surface area contributed by atoms with E-state index in [2.05, 4.69) is 10.1 Å². The van der Waals surface area contributed by atoms with Crippen molar-refractivity contribution in [1.29, 1.82) is 0 Å². The number of aliphatic hydroxyl groups excluding tert-OH is 1. The third-order valence-corrected chi connectivity index (χ3v) is 4.52. The Hall–Kier alpha value is -1.96. The largest absolute Gasteiger partial charge is 0.441 e. The Labute approximate surface area is 146 Å². The van der Waals surface area contributed by atoms with E-state index in [4.69, 9.17) is 9.26 Å². The summed E-state index contributed by atoms with van der Waals surface area (Å²) in [4.78, 5) is 14.2. The third kappa shape index (κ3) is 4.56. The summed E-state index contributed by atoms with van der Waals surface area (Å²) in [6.07, 6.45) is 1.61. The zero-order valence-corrected chi connectivity index (χ0v) is 14.5. The Bertz CT molecular complexity index is 705. The van der Waals surface area contributed by atoms with Crippen LogP contribution >= 0.6 is 0 Å². The van der Waals surface area contributed by atoms with Crippen LogP contribution in [0.25, 0.3) is 11.4 Å². The molecule has 0 aliphatic carbocycles. The van der Waals surface area contributed by atoms with E-state index in [9.17, 15) is 9.90 Å². The molecule has 0 bridgehead atoms. The van der Waals surface area contributed by atoms with E-state index in [0.29, 0.717) is 18.5 Å². The molecule has 1 aliphatic heterocycles. The molecule has 0 amide bonds. The zero-order chi connectivity index (χ0) is 17.6. The van der Waals surface area contributed by atoms with E-state index in [1.807, 2.05) is 37.3 Å². The predicted molar refractivity (Wildman–Crippen MR) is 93.3 cm³/mol. The fraction of sp³-hybridized carbons (Fsp3) is 0.556. The fourth-order valence-corrected chi connectivity index (χ4v) is 3.28. The van der Waals surface area contributed by atoms with E-state index in [1.165, 1.54) is 4.57 Å². The van der Waals surface area contributed by atoms with Crippen LogP contribution in [-0.2, 0) is 11.3 Å². The molecule has 7 nitrogen and oxygen atoms in total. The van der Waals surface area contributed by atoms with Crippen molar-refractivity contribution in [2.75, 3.05) is 26.2 Å². The van der Waals surface area contributed by atoms with Gasteiger partial charge in [-0.2, -0.15) is 0 Å². The minimum absolute atomic E-state index is 0.165. The second-order valence-electron chi connectivity index (χ2n) is 6.36. The molecule has 3 rings (SSSR count). The molecule has 1 saturated heterocycles. The molecule has 0 spiro atoms. The molecule has 2 aromatic rings. The number of β-amino-alcohol motifs (C(OH)–C–C–N with tert-alkyl or cyclic N) is 1. The average molecular weight is 347 g/mol. The predicted octanol–water partition coefficient (Wildman–Crippen LogP) is 1.37. The minimum atomic E-state index is -0.664. The summed E-state index contributed by atoms with van der Waals surface area (Å²) in [6.45, 7) is 5.23. The number of hydrogen-bond acceptors (Lipinski definition) is 6. The number of benzene rings is 1. The number of aromatic nitrogens is 2. The summed E-state index contributed by atoms with van der Waals surface area (Å²) in [6, 6.07) is 9.36. The van der Waals surface area contributed by atoms with Crippen molar-refractivity contribution < 1.29 is 14.4 Å². The highest BCUT2D eigenvalue weighted by atomic mass is 16.5. The number of rotatable bonds is 7. The fourth-order valence-electron chi connectivity index (χ4n) is 3.28. The van der Waals surface area contributed by atoms with Crippen molar-refractivity contribution in [2.24, 2.45) is 0 Å². The number of piperidine rings is 1.